The average Bonchev–Trinajstić information content (AvgIpc) is 2.91. The van der Waals surface area contributed by atoms with Gasteiger partial charge in [-0.3, -0.25) is 4.79 Å². The van der Waals surface area contributed by atoms with Gasteiger partial charge in [-0.2, -0.15) is 0 Å². The van der Waals surface area contributed by atoms with Gasteiger partial charge in [0.2, 0.25) is 0 Å². The van der Waals surface area contributed by atoms with Crippen molar-refractivity contribution >= 4 is 17.6 Å². The minimum atomic E-state index is -0.224. The SMILES string of the molecule is CC[C@H]1[C@H](C)[C@@H](/N=C(/Nc2ccc(C(=O)NCCc3ccc(C)cc3F)cc2)N2CCN[C@@H](C)C2)CCC1(C)C. The lowest BCUT2D eigenvalue weighted by Gasteiger charge is -2.46. The molecule has 0 aromatic heterocycles. The maximum absolute atomic E-state index is 14.1. The topological polar surface area (TPSA) is 68.8 Å². The fourth-order valence-corrected chi connectivity index (χ4v) is 6.63. The van der Waals surface area contributed by atoms with Gasteiger partial charge < -0.3 is 20.9 Å². The molecular formula is C33H48FN5O. The molecule has 3 N–H and O–H groups in total. The number of aryl methyl sites for hydroxylation is 1. The molecule has 1 saturated heterocycles. The van der Waals surface area contributed by atoms with Crippen LogP contribution in [0, 0.1) is 30.0 Å². The number of hydrogen-bond acceptors (Lipinski definition) is 3. The highest BCUT2D eigenvalue weighted by Crippen LogP contribution is 2.46. The van der Waals surface area contributed by atoms with Crippen LogP contribution in [-0.2, 0) is 6.42 Å². The summed E-state index contributed by atoms with van der Waals surface area (Å²) in [5.74, 6) is 1.71. The predicted octanol–water partition coefficient (Wildman–Crippen LogP) is 6.02. The summed E-state index contributed by atoms with van der Waals surface area (Å²) in [4.78, 5) is 20.5. The van der Waals surface area contributed by atoms with Crippen LogP contribution in [0.3, 0.4) is 0 Å². The van der Waals surface area contributed by atoms with Crippen LogP contribution in [0.4, 0.5) is 10.1 Å². The van der Waals surface area contributed by atoms with E-state index in [1.807, 2.05) is 37.3 Å². The Balaban J connectivity index is 1.43. The predicted molar refractivity (Wildman–Crippen MR) is 163 cm³/mol. The highest BCUT2D eigenvalue weighted by atomic mass is 19.1. The molecule has 218 valence electrons. The maximum atomic E-state index is 14.1. The molecule has 1 heterocycles. The van der Waals surface area contributed by atoms with Crippen LogP contribution in [0.15, 0.2) is 47.5 Å². The lowest BCUT2D eigenvalue weighted by molar-refractivity contribution is 0.0652. The Hall–Kier alpha value is -2.93. The average molecular weight is 550 g/mol. The van der Waals surface area contributed by atoms with Crippen molar-refractivity contribution in [3.63, 3.8) is 0 Å². The van der Waals surface area contributed by atoms with Crippen LogP contribution in [0.25, 0.3) is 0 Å². The molecule has 0 radical (unpaired) electrons. The molecule has 1 saturated carbocycles. The number of guanidine groups is 1. The van der Waals surface area contributed by atoms with Crippen molar-refractivity contribution in [3.8, 4) is 0 Å². The molecule has 4 rings (SSSR count). The van der Waals surface area contributed by atoms with E-state index in [9.17, 15) is 9.18 Å². The van der Waals surface area contributed by atoms with Gasteiger partial charge in [-0.05, 0) is 91.8 Å². The van der Waals surface area contributed by atoms with Crippen molar-refractivity contribution in [2.75, 3.05) is 31.5 Å². The molecule has 1 aliphatic heterocycles. The molecule has 4 atom stereocenters. The Labute approximate surface area is 240 Å². The molecule has 2 aromatic carbocycles. The number of hydrogen-bond donors (Lipinski definition) is 3. The summed E-state index contributed by atoms with van der Waals surface area (Å²) >= 11 is 0. The van der Waals surface area contributed by atoms with Gasteiger partial charge in [0.15, 0.2) is 5.96 Å². The van der Waals surface area contributed by atoms with Crippen molar-refractivity contribution < 1.29 is 9.18 Å². The van der Waals surface area contributed by atoms with Crippen molar-refractivity contribution in [1.82, 2.24) is 15.5 Å². The quantitative estimate of drug-likeness (QED) is 0.292. The van der Waals surface area contributed by atoms with Crippen LogP contribution in [0.2, 0.25) is 0 Å². The van der Waals surface area contributed by atoms with Crippen molar-refractivity contribution in [3.05, 3.63) is 65.0 Å². The number of aliphatic imine (C=N–C) groups is 1. The number of nitrogens with one attached hydrogen (secondary N) is 3. The zero-order chi connectivity index (χ0) is 28.9. The first-order chi connectivity index (χ1) is 19.1. The van der Waals surface area contributed by atoms with Crippen molar-refractivity contribution in [1.29, 1.82) is 0 Å². The fourth-order valence-electron chi connectivity index (χ4n) is 6.63. The molecule has 0 unspecified atom stereocenters. The van der Waals surface area contributed by atoms with Gasteiger partial charge in [-0.1, -0.05) is 46.2 Å². The molecule has 40 heavy (non-hydrogen) atoms. The molecule has 0 spiro atoms. The van der Waals surface area contributed by atoms with Crippen LogP contribution in [0.1, 0.15) is 75.4 Å². The minimum Gasteiger partial charge on any atom is -0.352 e. The number of carbonyl (C=O) groups is 1. The highest BCUT2D eigenvalue weighted by Gasteiger charge is 2.41. The first-order valence-corrected chi connectivity index (χ1v) is 15.0. The van der Waals surface area contributed by atoms with E-state index in [4.69, 9.17) is 4.99 Å². The molecule has 0 bridgehead atoms. The van der Waals surface area contributed by atoms with E-state index in [0.29, 0.717) is 47.4 Å². The summed E-state index contributed by atoms with van der Waals surface area (Å²) in [6, 6.07) is 13.4. The molecule has 7 heteroatoms. The zero-order valence-corrected chi connectivity index (χ0v) is 25.2. The van der Waals surface area contributed by atoms with E-state index in [2.05, 4.69) is 55.5 Å². The first-order valence-electron chi connectivity index (χ1n) is 15.0. The Morgan fingerprint density at radius 2 is 1.93 bits per heavy atom. The van der Waals surface area contributed by atoms with Gasteiger partial charge >= 0.3 is 0 Å². The van der Waals surface area contributed by atoms with E-state index in [1.54, 1.807) is 6.07 Å². The number of rotatable bonds is 7. The van der Waals surface area contributed by atoms with Gasteiger partial charge in [0, 0.05) is 43.5 Å². The second kappa shape index (κ2) is 13.2. The molecule has 6 nitrogen and oxygen atoms in total. The summed E-state index contributed by atoms with van der Waals surface area (Å²) in [7, 11) is 0. The monoisotopic (exact) mass is 549 g/mol. The third-order valence-corrected chi connectivity index (χ3v) is 9.02. The van der Waals surface area contributed by atoms with Crippen molar-refractivity contribution in [2.45, 2.75) is 79.3 Å². The van der Waals surface area contributed by atoms with E-state index in [1.165, 1.54) is 18.9 Å². The zero-order valence-electron chi connectivity index (χ0n) is 25.2. The fraction of sp³-hybridized carbons (Fsp3) is 0.576. The Bertz CT molecular complexity index is 1180. The number of anilines is 1. The molecule has 2 fully saturated rings. The summed E-state index contributed by atoms with van der Waals surface area (Å²) in [5, 5.41) is 10.1. The van der Waals surface area contributed by atoms with Gasteiger partial charge in [-0.15, -0.1) is 0 Å². The first kappa shape index (κ1) is 30.0. The Morgan fingerprint density at radius 1 is 1.18 bits per heavy atom. The van der Waals surface area contributed by atoms with E-state index in [0.717, 1.165) is 43.3 Å². The molecule has 2 aromatic rings. The third-order valence-electron chi connectivity index (χ3n) is 9.02. The number of carbonyl (C=O) groups excluding carboxylic acids is 1. The van der Waals surface area contributed by atoms with Crippen molar-refractivity contribution in [2.24, 2.45) is 22.2 Å². The lowest BCUT2D eigenvalue weighted by atomic mass is 9.61. The van der Waals surface area contributed by atoms with E-state index in [-0.39, 0.29) is 17.8 Å². The number of nitrogens with zero attached hydrogens (tertiary/aromatic N) is 2. The molecule has 1 aliphatic carbocycles. The second-order valence-electron chi connectivity index (χ2n) is 12.5. The molecule has 2 aliphatic rings. The summed E-state index contributed by atoms with van der Waals surface area (Å²) in [6.45, 7) is 16.7. The van der Waals surface area contributed by atoms with E-state index < -0.39 is 0 Å². The normalized spacial score (nSPS) is 25.0. The van der Waals surface area contributed by atoms with Gasteiger partial charge in [0.25, 0.3) is 5.91 Å². The summed E-state index contributed by atoms with van der Waals surface area (Å²) in [5.41, 5.74) is 3.35. The lowest BCUT2D eigenvalue weighted by Crippen LogP contribution is -2.53. The van der Waals surface area contributed by atoms with Crippen LogP contribution in [0.5, 0.6) is 0 Å². The van der Waals surface area contributed by atoms with Gasteiger partial charge in [0.1, 0.15) is 5.82 Å². The van der Waals surface area contributed by atoms with Gasteiger partial charge in [0.05, 0.1) is 6.04 Å². The number of piperazine rings is 1. The largest absolute Gasteiger partial charge is 0.352 e. The van der Waals surface area contributed by atoms with Crippen LogP contribution in [-0.4, -0.2) is 55.0 Å². The maximum Gasteiger partial charge on any atom is 0.251 e. The highest BCUT2D eigenvalue weighted by molar-refractivity contribution is 5.96. The third kappa shape index (κ3) is 7.42. The Kier molecular flexibility index (Phi) is 9.88. The van der Waals surface area contributed by atoms with Gasteiger partial charge in [-0.25, -0.2) is 9.38 Å². The second-order valence-corrected chi connectivity index (χ2v) is 12.5. The van der Waals surface area contributed by atoms with E-state index >= 15 is 0 Å². The number of benzene rings is 2. The molecule has 1 amide bonds. The Morgan fingerprint density at radius 3 is 2.60 bits per heavy atom. The summed E-state index contributed by atoms with van der Waals surface area (Å²) < 4.78 is 14.1. The number of halogens is 1. The smallest absolute Gasteiger partial charge is 0.251 e. The summed E-state index contributed by atoms with van der Waals surface area (Å²) in [6.07, 6.45) is 3.92. The van der Waals surface area contributed by atoms with Crippen LogP contribution < -0.4 is 16.0 Å². The number of amides is 1. The minimum absolute atomic E-state index is 0.159. The standard InChI is InChI=1S/C33H48FN5O/c1-7-28-24(4)30(14-16-33(28,5)6)38-32(39-19-18-35-23(3)21-39)37-27-12-10-26(11-13-27)31(40)36-17-15-25-9-8-22(2)20-29(25)34/h8-13,20,23-24,28,30,35H,7,14-19,21H2,1-6H3,(H,36,40)(H,37,38)/t23-,24-,28-,30-/m0/s1. The molecular weight excluding hydrogens is 501 g/mol. The van der Waals surface area contributed by atoms with Crippen LogP contribution >= 0.6 is 0 Å².